The van der Waals surface area contributed by atoms with Crippen LogP contribution in [0.1, 0.15) is 33.3 Å². The summed E-state index contributed by atoms with van der Waals surface area (Å²) in [5, 5.41) is 11.9. The van der Waals surface area contributed by atoms with Crippen LogP contribution in [0, 0.1) is 10.1 Å². The lowest BCUT2D eigenvalue weighted by Crippen LogP contribution is -2.64. The number of rotatable bonds is 11. The lowest BCUT2D eigenvalue weighted by atomic mass is 9.97. The molecule has 1 fully saturated rings. The maximum absolute atomic E-state index is 12.6. The van der Waals surface area contributed by atoms with Gasteiger partial charge in [0.2, 0.25) is 12.4 Å². The molecule has 1 saturated heterocycles. The molecule has 1 aliphatic heterocycles. The minimum absolute atomic E-state index is 0.119. The highest BCUT2D eigenvalue weighted by molar-refractivity contribution is 6.18. The van der Waals surface area contributed by atoms with Crippen molar-refractivity contribution >= 4 is 47.3 Å². The van der Waals surface area contributed by atoms with Gasteiger partial charge in [-0.05, 0) is 18.6 Å². The Morgan fingerprint density at radius 3 is 2.10 bits per heavy atom. The average molecular weight is 605 g/mol. The highest BCUT2D eigenvalue weighted by Gasteiger charge is 2.56. The average Bonchev–Trinajstić information content (AvgIpc) is 2.90. The SMILES string of the molecule is CCN(CCl)C(=O)OCc1ccc(O[C@@H]2OC(C(=O)OC)[C@@H](OC(C)=O)C(OC(C)=O)[C@@H]2OC(C)=O)c([N+](=O)[O-])c1. The quantitative estimate of drug-likeness (QED) is 0.0885. The monoisotopic (exact) mass is 604 g/mol. The van der Waals surface area contributed by atoms with Gasteiger partial charge >= 0.3 is 35.7 Å². The summed E-state index contributed by atoms with van der Waals surface area (Å²) in [6.45, 7) is 4.66. The van der Waals surface area contributed by atoms with Gasteiger partial charge in [0.1, 0.15) is 6.61 Å². The van der Waals surface area contributed by atoms with E-state index >= 15 is 0 Å². The molecule has 16 nitrogen and oxygen atoms in total. The van der Waals surface area contributed by atoms with Crippen molar-refractivity contribution in [3.63, 3.8) is 0 Å². The molecule has 1 heterocycles. The lowest BCUT2D eigenvalue weighted by Gasteiger charge is -2.42. The zero-order valence-electron chi connectivity index (χ0n) is 22.7. The molecule has 0 bridgehead atoms. The molecule has 1 amide bonds. The summed E-state index contributed by atoms with van der Waals surface area (Å²) in [5.74, 6) is -4.21. The fraction of sp³-hybridized carbons (Fsp3) is 0.542. The summed E-state index contributed by atoms with van der Waals surface area (Å²) < 4.78 is 36.8. The van der Waals surface area contributed by atoms with Crippen LogP contribution in [0.25, 0.3) is 0 Å². The van der Waals surface area contributed by atoms with Crippen LogP contribution in [0.4, 0.5) is 10.5 Å². The third kappa shape index (κ3) is 8.91. The number of hydrogen-bond donors (Lipinski definition) is 0. The Morgan fingerprint density at radius 1 is 1.00 bits per heavy atom. The number of benzene rings is 1. The van der Waals surface area contributed by atoms with Gasteiger partial charge < -0.3 is 33.2 Å². The van der Waals surface area contributed by atoms with Crippen molar-refractivity contribution in [2.24, 2.45) is 0 Å². The van der Waals surface area contributed by atoms with Crippen LogP contribution >= 0.6 is 11.6 Å². The van der Waals surface area contributed by atoms with E-state index in [1.165, 1.54) is 11.0 Å². The number of halogens is 1. The Kier molecular flexibility index (Phi) is 12.1. The van der Waals surface area contributed by atoms with Crippen molar-refractivity contribution in [3.05, 3.63) is 33.9 Å². The molecule has 17 heteroatoms. The van der Waals surface area contributed by atoms with Crippen molar-refractivity contribution < 1.29 is 62.1 Å². The number of nitro benzene ring substituents is 1. The Bertz CT molecular complexity index is 1160. The summed E-state index contributed by atoms with van der Waals surface area (Å²) in [5.41, 5.74) is -0.404. The number of esters is 4. The Labute approximate surface area is 238 Å². The highest BCUT2D eigenvalue weighted by atomic mass is 35.5. The molecule has 5 atom stereocenters. The van der Waals surface area contributed by atoms with Crippen LogP contribution in [0.3, 0.4) is 0 Å². The number of methoxy groups -OCH3 is 1. The Balaban J connectivity index is 2.48. The maximum Gasteiger partial charge on any atom is 0.411 e. The van der Waals surface area contributed by atoms with Gasteiger partial charge in [0.25, 0.3) is 0 Å². The van der Waals surface area contributed by atoms with Gasteiger partial charge in [-0.25, -0.2) is 9.59 Å². The van der Waals surface area contributed by atoms with Crippen LogP contribution in [-0.2, 0) is 54.2 Å². The smallest absolute Gasteiger partial charge is 0.411 e. The Hall–Kier alpha value is -4.18. The van der Waals surface area contributed by atoms with Gasteiger partial charge in [-0.3, -0.25) is 29.4 Å². The number of carbonyl (C=O) groups excluding carboxylic acids is 5. The molecular weight excluding hydrogens is 576 g/mol. The van der Waals surface area contributed by atoms with Crippen LogP contribution in [0.2, 0.25) is 0 Å². The summed E-state index contributed by atoms with van der Waals surface area (Å²) in [6.07, 6.45) is -9.26. The van der Waals surface area contributed by atoms with Crippen molar-refractivity contribution in [1.82, 2.24) is 4.90 Å². The predicted octanol–water partition coefficient (Wildman–Crippen LogP) is 1.82. The number of amides is 1. The minimum atomic E-state index is -1.80. The zero-order chi connectivity index (χ0) is 30.9. The largest absolute Gasteiger partial charge is 0.467 e. The molecular formula is C24H29ClN2O14. The van der Waals surface area contributed by atoms with E-state index in [1.54, 1.807) is 6.92 Å². The first kappa shape index (κ1) is 33.0. The van der Waals surface area contributed by atoms with E-state index in [9.17, 15) is 34.1 Å². The number of ether oxygens (including phenoxy) is 7. The predicted molar refractivity (Wildman–Crippen MR) is 134 cm³/mol. The first-order chi connectivity index (χ1) is 19.3. The summed E-state index contributed by atoms with van der Waals surface area (Å²) in [6, 6.07) is 3.44. The van der Waals surface area contributed by atoms with Gasteiger partial charge in [0, 0.05) is 33.4 Å². The van der Waals surface area contributed by atoms with Crippen molar-refractivity contribution in [3.8, 4) is 5.75 Å². The number of hydrogen-bond acceptors (Lipinski definition) is 14. The van der Waals surface area contributed by atoms with Crippen molar-refractivity contribution in [2.45, 2.75) is 65.0 Å². The van der Waals surface area contributed by atoms with E-state index in [0.717, 1.165) is 40.0 Å². The Morgan fingerprint density at radius 2 is 1.59 bits per heavy atom. The molecule has 0 aromatic heterocycles. The second kappa shape index (κ2) is 15.0. The molecule has 2 unspecified atom stereocenters. The fourth-order valence-corrected chi connectivity index (χ4v) is 3.96. The second-order valence-corrected chi connectivity index (χ2v) is 8.62. The molecule has 41 heavy (non-hydrogen) atoms. The van der Waals surface area contributed by atoms with Crippen LogP contribution in [0.15, 0.2) is 18.2 Å². The van der Waals surface area contributed by atoms with Gasteiger partial charge in [-0.2, -0.15) is 0 Å². The molecule has 0 spiro atoms. The number of carbonyl (C=O) groups is 5. The molecule has 0 aliphatic carbocycles. The van der Waals surface area contributed by atoms with Crippen molar-refractivity contribution in [2.75, 3.05) is 19.7 Å². The van der Waals surface area contributed by atoms with Gasteiger partial charge in [-0.15, -0.1) is 11.6 Å². The number of nitrogens with zero attached hydrogens (tertiary/aromatic N) is 2. The molecule has 1 aliphatic rings. The fourth-order valence-electron chi connectivity index (χ4n) is 3.69. The highest BCUT2D eigenvalue weighted by Crippen LogP contribution is 2.35. The van der Waals surface area contributed by atoms with Gasteiger partial charge in [-0.1, -0.05) is 6.07 Å². The second-order valence-electron chi connectivity index (χ2n) is 8.38. The summed E-state index contributed by atoms with van der Waals surface area (Å²) in [4.78, 5) is 72.5. The first-order valence-electron chi connectivity index (χ1n) is 12.0. The standard InChI is InChI=1S/C24H29ClN2O14/c1-6-26(11-25)24(32)36-10-15-7-8-17(16(9-15)27(33)34)40-23-21(39-14(4)30)19(38-13(3)29)18(37-12(2)28)20(41-23)22(31)35-5/h7-9,18-21,23H,6,10-11H2,1-5H3/t18-,19?,20?,21-,23+/m0/s1. The van der Waals surface area contributed by atoms with Crippen molar-refractivity contribution in [1.29, 1.82) is 0 Å². The van der Waals surface area contributed by atoms with E-state index in [4.69, 9.17) is 44.8 Å². The van der Waals surface area contributed by atoms with Gasteiger partial charge in [0.05, 0.1) is 18.0 Å². The molecule has 226 valence electrons. The first-order valence-corrected chi connectivity index (χ1v) is 12.5. The van der Waals surface area contributed by atoms with Gasteiger partial charge in [0.15, 0.2) is 24.1 Å². The van der Waals surface area contributed by atoms with Crippen LogP contribution in [-0.4, -0.2) is 90.2 Å². The minimum Gasteiger partial charge on any atom is -0.467 e. The van der Waals surface area contributed by atoms with E-state index in [0.29, 0.717) is 0 Å². The molecule has 1 aromatic carbocycles. The molecule has 0 saturated carbocycles. The third-order valence-corrected chi connectivity index (χ3v) is 5.73. The normalized spacial score (nSPS) is 21.6. The summed E-state index contributed by atoms with van der Waals surface area (Å²) in [7, 11) is 1.01. The molecule has 1 aromatic rings. The van der Waals surface area contributed by atoms with E-state index < -0.39 is 77.0 Å². The lowest BCUT2D eigenvalue weighted by molar-refractivity contribution is -0.387. The number of alkyl halides is 1. The zero-order valence-corrected chi connectivity index (χ0v) is 23.5. The molecule has 0 radical (unpaired) electrons. The summed E-state index contributed by atoms with van der Waals surface area (Å²) >= 11 is 5.67. The van der Waals surface area contributed by atoms with Crippen LogP contribution < -0.4 is 4.74 Å². The molecule has 0 N–H and O–H groups in total. The van der Waals surface area contributed by atoms with Crippen LogP contribution in [0.5, 0.6) is 5.75 Å². The van der Waals surface area contributed by atoms with E-state index in [-0.39, 0.29) is 24.7 Å². The number of nitro groups is 1. The molecule has 2 rings (SSSR count). The third-order valence-electron chi connectivity index (χ3n) is 5.44. The van der Waals surface area contributed by atoms with E-state index in [2.05, 4.69) is 0 Å². The van der Waals surface area contributed by atoms with E-state index in [1.807, 2.05) is 0 Å². The maximum atomic E-state index is 12.6. The topological polar surface area (TPSA) is 196 Å².